The highest BCUT2D eigenvalue weighted by Gasteiger charge is 2.19. The van der Waals surface area contributed by atoms with Gasteiger partial charge >= 0.3 is 0 Å². The SMILES string of the molecule is COCC(C)N(C)c1c(F)cc(CCl)cc1F. The number of hydrogen-bond acceptors (Lipinski definition) is 2. The molecule has 96 valence electrons. The van der Waals surface area contributed by atoms with Gasteiger partial charge < -0.3 is 9.64 Å². The van der Waals surface area contributed by atoms with Crippen molar-refractivity contribution in [3.8, 4) is 0 Å². The number of ether oxygens (including phenoxy) is 1. The first-order valence-electron chi connectivity index (χ1n) is 5.27. The van der Waals surface area contributed by atoms with Crippen LogP contribution in [0.1, 0.15) is 12.5 Å². The average molecular weight is 264 g/mol. The fraction of sp³-hybridized carbons (Fsp3) is 0.500. The summed E-state index contributed by atoms with van der Waals surface area (Å²) in [4.78, 5) is 1.52. The second kappa shape index (κ2) is 6.17. The lowest BCUT2D eigenvalue weighted by Gasteiger charge is -2.27. The molecule has 0 heterocycles. The van der Waals surface area contributed by atoms with E-state index in [2.05, 4.69) is 0 Å². The lowest BCUT2D eigenvalue weighted by molar-refractivity contribution is 0.183. The van der Waals surface area contributed by atoms with Gasteiger partial charge in [0, 0.05) is 26.1 Å². The molecule has 0 saturated heterocycles. The third-order valence-electron chi connectivity index (χ3n) is 2.65. The Labute approximate surface area is 105 Å². The quantitative estimate of drug-likeness (QED) is 0.757. The van der Waals surface area contributed by atoms with E-state index >= 15 is 0 Å². The van der Waals surface area contributed by atoms with Gasteiger partial charge in [-0.1, -0.05) is 0 Å². The van der Waals surface area contributed by atoms with Gasteiger partial charge in [-0.3, -0.25) is 0 Å². The van der Waals surface area contributed by atoms with E-state index in [1.165, 1.54) is 17.0 Å². The zero-order valence-electron chi connectivity index (χ0n) is 10.1. The molecule has 1 unspecified atom stereocenters. The molecule has 0 aliphatic rings. The molecular weight excluding hydrogens is 248 g/mol. The third kappa shape index (κ3) is 3.30. The van der Waals surface area contributed by atoms with Crippen molar-refractivity contribution in [1.29, 1.82) is 0 Å². The molecule has 0 amide bonds. The van der Waals surface area contributed by atoms with E-state index in [1.54, 1.807) is 14.2 Å². The van der Waals surface area contributed by atoms with Gasteiger partial charge in [0.1, 0.15) is 17.3 Å². The molecule has 0 aromatic heterocycles. The smallest absolute Gasteiger partial charge is 0.149 e. The van der Waals surface area contributed by atoms with E-state index in [1.807, 2.05) is 6.92 Å². The zero-order chi connectivity index (χ0) is 13.0. The van der Waals surface area contributed by atoms with Crippen LogP contribution in [-0.2, 0) is 10.6 Å². The Morgan fingerprint density at radius 2 is 1.88 bits per heavy atom. The predicted molar refractivity (Wildman–Crippen MR) is 65.7 cm³/mol. The van der Waals surface area contributed by atoms with E-state index in [4.69, 9.17) is 16.3 Å². The van der Waals surface area contributed by atoms with Crippen LogP contribution in [0.15, 0.2) is 12.1 Å². The molecule has 0 bridgehead atoms. The molecule has 0 fully saturated rings. The van der Waals surface area contributed by atoms with Gasteiger partial charge in [0.15, 0.2) is 0 Å². The summed E-state index contributed by atoms with van der Waals surface area (Å²) in [5.41, 5.74) is 0.377. The maximum absolute atomic E-state index is 13.8. The predicted octanol–water partition coefficient (Wildman–Crippen LogP) is 3.17. The zero-order valence-corrected chi connectivity index (χ0v) is 10.9. The van der Waals surface area contributed by atoms with Crippen molar-refractivity contribution in [3.05, 3.63) is 29.3 Å². The van der Waals surface area contributed by atoms with Gasteiger partial charge in [-0.15, -0.1) is 11.6 Å². The largest absolute Gasteiger partial charge is 0.383 e. The first-order valence-corrected chi connectivity index (χ1v) is 5.80. The van der Waals surface area contributed by atoms with Crippen LogP contribution in [-0.4, -0.2) is 26.8 Å². The van der Waals surface area contributed by atoms with Gasteiger partial charge in [0.25, 0.3) is 0 Å². The Morgan fingerprint density at radius 1 is 1.35 bits per heavy atom. The van der Waals surface area contributed by atoms with Crippen molar-refractivity contribution in [3.63, 3.8) is 0 Å². The van der Waals surface area contributed by atoms with Crippen LogP contribution in [0.5, 0.6) is 0 Å². The fourth-order valence-corrected chi connectivity index (χ4v) is 1.76. The minimum absolute atomic E-state index is 0.0524. The van der Waals surface area contributed by atoms with Crippen LogP contribution in [0.3, 0.4) is 0 Å². The van der Waals surface area contributed by atoms with Gasteiger partial charge in [0.2, 0.25) is 0 Å². The van der Waals surface area contributed by atoms with E-state index in [0.29, 0.717) is 12.2 Å². The minimum atomic E-state index is -0.605. The third-order valence-corrected chi connectivity index (χ3v) is 2.96. The number of methoxy groups -OCH3 is 1. The Morgan fingerprint density at radius 3 is 2.29 bits per heavy atom. The molecule has 0 saturated carbocycles. The second-order valence-corrected chi connectivity index (χ2v) is 4.22. The Hall–Kier alpha value is -0.870. The maximum Gasteiger partial charge on any atom is 0.149 e. The molecule has 1 rings (SSSR count). The first-order chi connectivity index (χ1) is 8.01. The van der Waals surface area contributed by atoms with E-state index < -0.39 is 11.6 Å². The van der Waals surface area contributed by atoms with Crippen molar-refractivity contribution < 1.29 is 13.5 Å². The number of likely N-dealkylation sites (N-methyl/N-ethyl adjacent to an activating group) is 1. The van der Waals surface area contributed by atoms with Crippen molar-refractivity contribution in [1.82, 2.24) is 0 Å². The molecule has 0 spiro atoms. The van der Waals surface area contributed by atoms with Crippen LogP contribution >= 0.6 is 11.6 Å². The Balaban J connectivity index is 3.05. The monoisotopic (exact) mass is 263 g/mol. The summed E-state index contributed by atoms with van der Waals surface area (Å²) in [6, 6.07) is 2.38. The van der Waals surface area contributed by atoms with Gasteiger partial charge in [-0.25, -0.2) is 8.78 Å². The minimum Gasteiger partial charge on any atom is -0.383 e. The molecule has 0 aliphatic carbocycles. The van der Waals surface area contributed by atoms with E-state index in [-0.39, 0.29) is 17.6 Å². The second-order valence-electron chi connectivity index (χ2n) is 3.96. The number of rotatable bonds is 5. The fourth-order valence-electron chi connectivity index (χ4n) is 1.61. The summed E-state index contributed by atoms with van der Waals surface area (Å²) in [5.74, 6) is -1.12. The highest BCUT2D eigenvalue weighted by Crippen LogP contribution is 2.26. The molecule has 1 aromatic carbocycles. The van der Waals surface area contributed by atoms with Gasteiger partial charge in [0.05, 0.1) is 6.61 Å². The molecule has 0 radical (unpaired) electrons. The Kier molecular flexibility index (Phi) is 5.15. The van der Waals surface area contributed by atoms with Crippen LogP contribution in [0.4, 0.5) is 14.5 Å². The van der Waals surface area contributed by atoms with Crippen LogP contribution in [0.25, 0.3) is 0 Å². The van der Waals surface area contributed by atoms with Crippen molar-refractivity contribution >= 4 is 17.3 Å². The molecule has 1 aromatic rings. The number of halogens is 3. The number of benzene rings is 1. The molecule has 5 heteroatoms. The molecular formula is C12H16ClF2NO. The van der Waals surface area contributed by atoms with Gasteiger partial charge in [-0.2, -0.15) is 0 Å². The normalized spacial score (nSPS) is 12.6. The molecule has 2 nitrogen and oxygen atoms in total. The summed E-state index contributed by atoms with van der Waals surface area (Å²) < 4.78 is 32.5. The van der Waals surface area contributed by atoms with Gasteiger partial charge in [-0.05, 0) is 24.6 Å². The average Bonchev–Trinajstić information content (AvgIpc) is 2.28. The summed E-state index contributed by atoms with van der Waals surface area (Å²) in [6.45, 7) is 2.23. The highest BCUT2D eigenvalue weighted by molar-refractivity contribution is 6.17. The van der Waals surface area contributed by atoms with Crippen LogP contribution in [0, 0.1) is 11.6 Å². The van der Waals surface area contributed by atoms with Crippen LogP contribution in [0.2, 0.25) is 0 Å². The van der Waals surface area contributed by atoms with Crippen molar-refractivity contribution in [2.45, 2.75) is 18.8 Å². The summed E-state index contributed by atoms with van der Waals surface area (Å²) >= 11 is 5.55. The number of nitrogens with zero attached hydrogens (tertiary/aromatic N) is 1. The van der Waals surface area contributed by atoms with Crippen LogP contribution < -0.4 is 4.90 Å². The Bertz CT molecular complexity index is 364. The van der Waals surface area contributed by atoms with Crippen molar-refractivity contribution in [2.75, 3.05) is 25.7 Å². The topological polar surface area (TPSA) is 12.5 Å². The maximum atomic E-state index is 13.8. The summed E-state index contributed by atoms with van der Waals surface area (Å²) in [7, 11) is 3.18. The number of alkyl halides is 1. The lowest BCUT2D eigenvalue weighted by Crippen LogP contribution is -2.34. The summed E-state index contributed by atoms with van der Waals surface area (Å²) in [6.07, 6.45) is 0. The van der Waals surface area contributed by atoms with Crippen molar-refractivity contribution in [2.24, 2.45) is 0 Å². The first kappa shape index (κ1) is 14.2. The molecule has 0 N–H and O–H groups in total. The molecule has 17 heavy (non-hydrogen) atoms. The summed E-state index contributed by atoms with van der Waals surface area (Å²) in [5, 5.41) is 0. The molecule has 1 atom stereocenters. The molecule has 0 aliphatic heterocycles. The number of anilines is 1. The van der Waals surface area contributed by atoms with E-state index in [9.17, 15) is 8.78 Å². The van der Waals surface area contributed by atoms with E-state index in [0.717, 1.165) is 0 Å². The standard InChI is InChI=1S/C12H16ClF2NO/c1-8(7-17-3)16(2)12-10(14)4-9(6-13)5-11(12)15/h4-5,8H,6-7H2,1-3H3. The lowest BCUT2D eigenvalue weighted by atomic mass is 10.1. The number of hydrogen-bond donors (Lipinski definition) is 0. The highest BCUT2D eigenvalue weighted by atomic mass is 35.5.